The molecule has 21 heavy (non-hydrogen) atoms. The molecule has 2 unspecified atom stereocenters. The number of nitro groups is 1. The van der Waals surface area contributed by atoms with Crippen LogP contribution in [0.4, 0.5) is 11.4 Å². The molecule has 1 aromatic rings. The van der Waals surface area contributed by atoms with E-state index in [2.05, 4.69) is 19.2 Å². The van der Waals surface area contributed by atoms with Crippen LogP contribution < -0.4 is 10.1 Å². The fourth-order valence-electron chi connectivity index (χ4n) is 3.10. The molecule has 0 aliphatic heterocycles. The van der Waals surface area contributed by atoms with E-state index in [1.807, 2.05) is 0 Å². The molecule has 2 rings (SSSR count). The van der Waals surface area contributed by atoms with Crippen molar-refractivity contribution in [2.75, 3.05) is 12.4 Å². The lowest BCUT2D eigenvalue weighted by atomic mass is 9.79. The van der Waals surface area contributed by atoms with Gasteiger partial charge in [-0.25, -0.2) is 0 Å². The van der Waals surface area contributed by atoms with Crippen LogP contribution in [0, 0.1) is 22.0 Å². The second kappa shape index (κ2) is 6.78. The zero-order valence-electron chi connectivity index (χ0n) is 13.0. The number of non-ortho nitro benzene ring substituents is 1. The van der Waals surface area contributed by atoms with Gasteiger partial charge in [0.05, 0.1) is 23.8 Å². The van der Waals surface area contributed by atoms with Gasteiger partial charge in [0.2, 0.25) is 0 Å². The fraction of sp³-hybridized carbons (Fsp3) is 0.625. The molecule has 1 saturated carbocycles. The first kappa shape index (κ1) is 15.6. The quantitative estimate of drug-likeness (QED) is 0.651. The smallest absolute Gasteiger partial charge is 0.273 e. The van der Waals surface area contributed by atoms with Crippen LogP contribution in [0.15, 0.2) is 18.2 Å². The molecule has 1 N–H and O–H groups in total. The fourth-order valence-corrected chi connectivity index (χ4v) is 3.10. The summed E-state index contributed by atoms with van der Waals surface area (Å²) in [5, 5.41) is 14.3. The highest BCUT2D eigenvalue weighted by Crippen LogP contribution is 2.34. The largest absolute Gasteiger partial charge is 0.494 e. The lowest BCUT2D eigenvalue weighted by Gasteiger charge is -2.33. The summed E-state index contributed by atoms with van der Waals surface area (Å²) in [7, 11) is 1.54. The SMILES string of the molecule is COc1cc([N+](=O)[O-])ccc1NC1CCCC(C(C)C)C1. The van der Waals surface area contributed by atoms with Crippen LogP contribution >= 0.6 is 0 Å². The maximum Gasteiger partial charge on any atom is 0.273 e. The van der Waals surface area contributed by atoms with Gasteiger partial charge in [0.25, 0.3) is 5.69 Å². The normalized spacial score (nSPS) is 22.1. The van der Waals surface area contributed by atoms with Gasteiger partial charge >= 0.3 is 0 Å². The van der Waals surface area contributed by atoms with E-state index in [0.717, 1.165) is 24.4 Å². The molecule has 0 spiro atoms. The molecule has 5 heteroatoms. The average molecular weight is 292 g/mol. The Kier molecular flexibility index (Phi) is 5.04. The van der Waals surface area contributed by atoms with Gasteiger partial charge in [-0.2, -0.15) is 0 Å². The van der Waals surface area contributed by atoms with Crippen molar-refractivity contribution in [1.29, 1.82) is 0 Å². The molecule has 0 saturated heterocycles. The van der Waals surface area contributed by atoms with E-state index in [1.165, 1.54) is 25.0 Å². The summed E-state index contributed by atoms with van der Waals surface area (Å²) in [6.07, 6.45) is 4.82. The van der Waals surface area contributed by atoms with Gasteiger partial charge in [-0.05, 0) is 30.7 Å². The van der Waals surface area contributed by atoms with Gasteiger partial charge in [0.15, 0.2) is 0 Å². The Hall–Kier alpha value is -1.78. The molecule has 1 aliphatic carbocycles. The number of nitrogens with one attached hydrogen (secondary N) is 1. The molecule has 0 bridgehead atoms. The molecule has 1 aliphatic rings. The number of rotatable bonds is 5. The van der Waals surface area contributed by atoms with Crippen molar-refractivity contribution in [1.82, 2.24) is 0 Å². The predicted octanol–water partition coefficient (Wildman–Crippen LogP) is 4.23. The molecule has 2 atom stereocenters. The molecule has 116 valence electrons. The summed E-state index contributed by atoms with van der Waals surface area (Å²) >= 11 is 0. The van der Waals surface area contributed by atoms with E-state index in [1.54, 1.807) is 13.2 Å². The number of anilines is 1. The Morgan fingerprint density at radius 1 is 1.38 bits per heavy atom. The summed E-state index contributed by atoms with van der Waals surface area (Å²) in [4.78, 5) is 10.4. The van der Waals surface area contributed by atoms with Crippen LogP contribution in [0.3, 0.4) is 0 Å². The van der Waals surface area contributed by atoms with Crippen molar-refractivity contribution in [2.45, 2.75) is 45.6 Å². The summed E-state index contributed by atoms with van der Waals surface area (Å²) in [5.41, 5.74) is 0.901. The van der Waals surface area contributed by atoms with E-state index >= 15 is 0 Å². The molecule has 1 fully saturated rings. The minimum atomic E-state index is -0.401. The topological polar surface area (TPSA) is 64.4 Å². The van der Waals surface area contributed by atoms with Crippen molar-refractivity contribution in [3.05, 3.63) is 28.3 Å². The van der Waals surface area contributed by atoms with Gasteiger partial charge in [-0.15, -0.1) is 0 Å². The van der Waals surface area contributed by atoms with Crippen LogP contribution in [0.5, 0.6) is 5.75 Å². The van der Waals surface area contributed by atoms with Crippen molar-refractivity contribution in [3.63, 3.8) is 0 Å². The third-order valence-electron chi connectivity index (χ3n) is 4.41. The van der Waals surface area contributed by atoms with Crippen molar-refractivity contribution < 1.29 is 9.66 Å². The third kappa shape index (κ3) is 3.86. The highest BCUT2D eigenvalue weighted by Gasteiger charge is 2.25. The predicted molar refractivity (Wildman–Crippen MR) is 83.9 cm³/mol. The molecular formula is C16H24N2O3. The van der Waals surface area contributed by atoms with Crippen molar-refractivity contribution in [2.24, 2.45) is 11.8 Å². The second-order valence-electron chi connectivity index (χ2n) is 6.15. The van der Waals surface area contributed by atoms with E-state index in [-0.39, 0.29) is 5.69 Å². The number of hydrogen-bond donors (Lipinski definition) is 1. The maximum atomic E-state index is 10.8. The Bertz CT molecular complexity index is 502. The van der Waals surface area contributed by atoms with Crippen LogP contribution in [0.1, 0.15) is 39.5 Å². The van der Waals surface area contributed by atoms with Gasteiger partial charge in [0, 0.05) is 12.1 Å². The van der Waals surface area contributed by atoms with Gasteiger partial charge < -0.3 is 10.1 Å². The highest BCUT2D eigenvalue weighted by molar-refractivity contribution is 5.61. The molecule has 0 heterocycles. The Morgan fingerprint density at radius 3 is 2.76 bits per heavy atom. The zero-order valence-corrected chi connectivity index (χ0v) is 13.0. The summed E-state index contributed by atoms with van der Waals surface area (Å²) in [5.74, 6) is 1.99. The molecule has 1 aromatic carbocycles. The van der Waals surface area contributed by atoms with E-state index < -0.39 is 4.92 Å². The van der Waals surface area contributed by atoms with Crippen LogP contribution in [0.2, 0.25) is 0 Å². The first-order chi connectivity index (χ1) is 10.0. The lowest BCUT2D eigenvalue weighted by Crippen LogP contribution is -2.29. The monoisotopic (exact) mass is 292 g/mol. The van der Waals surface area contributed by atoms with Crippen molar-refractivity contribution in [3.8, 4) is 5.75 Å². The summed E-state index contributed by atoms with van der Waals surface area (Å²) < 4.78 is 5.29. The number of methoxy groups -OCH3 is 1. The average Bonchev–Trinajstić information content (AvgIpc) is 2.47. The Morgan fingerprint density at radius 2 is 2.14 bits per heavy atom. The maximum absolute atomic E-state index is 10.8. The van der Waals surface area contributed by atoms with E-state index in [4.69, 9.17) is 4.74 Å². The molecule has 0 radical (unpaired) electrons. The molecular weight excluding hydrogens is 268 g/mol. The lowest BCUT2D eigenvalue weighted by molar-refractivity contribution is -0.384. The summed E-state index contributed by atoms with van der Waals surface area (Å²) in [6.45, 7) is 4.55. The zero-order chi connectivity index (χ0) is 15.4. The first-order valence-corrected chi connectivity index (χ1v) is 7.60. The van der Waals surface area contributed by atoms with Crippen molar-refractivity contribution >= 4 is 11.4 Å². The standard InChI is InChI=1S/C16H24N2O3/c1-11(2)12-5-4-6-13(9-12)17-15-8-7-14(18(19)20)10-16(15)21-3/h7-8,10-13,17H,4-6,9H2,1-3H3. The number of hydrogen-bond acceptors (Lipinski definition) is 4. The summed E-state index contributed by atoms with van der Waals surface area (Å²) in [6, 6.07) is 5.16. The second-order valence-corrected chi connectivity index (χ2v) is 6.15. The first-order valence-electron chi connectivity index (χ1n) is 7.60. The third-order valence-corrected chi connectivity index (χ3v) is 4.41. The van der Waals surface area contributed by atoms with Gasteiger partial charge in [-0.3, -0.25) is 10.1 Å². The Labute approximate surface area is 125 Å². The molecule has 0 amide bonds. The number of nitro benzene ring substituents is 1. The minimum absolute atomic E-state index is 0.0566. The molecule has 0 aromatic heterocycles. The molecule has 5 nitrogen and oxygen atoms in total. The van der Waals surface area contributed by atoms with Gasteiger partial charge in [0.1, 0.15) is 5.75 Å². The number of benzene rings is 1. The Balaban J connectivity index is 2.10. The van der Waals surface area contributed by atoms with Crippen LogP contribution in [0.25, 0.3) is 0 Å². The van der Waals surface area contributed by atoms with E-state index in [0.29, 0.717) is 17.7 Å². The van der Waals surface area contributed by atoms with E-state index in [9.17, 15) is 10.1 Å². The highest BCUT2D eigenvalue weighted by atomic mass is 16.6. The number of nitrogens with zero attached hydrogens (tertiary/aromatic N) is 1. The number of ether oxygens (including phenoxy) is 1. The van der Waals surface area contributed by atoms with Gasteiger partial charge in [-0.1, -0.05) is 26.7 Å². The van der Waals surface area contributed by atoms with Crippen LogP contribution in [-0.2, 0) is 0 Å². The van der Waals surface area contributed by atoms with Crippen LogP contribution in [-0.4, -0.2) is 18.1 Å². The minimum Gasteiger partial charge on any atom is -0.494 e.